The molecule has 3 aliphatic rings. The molecule has 0 radical (unpaired) electrons. The number of carboxylic acid groups (broad SMARTS) is 1. The molecule has 1 N–H and O–H groups in total. The van der Waals surface area contributed by atoms with E-state index in [0.717, 1.165) is 31.2 Å². The van der Waals surface area contributed by atoms with Crippen molar-refractivity contribution in [2.45, 2.75) is 69.1 Å². The Labute approximate surface area is 163 Å². The average molecular weight is 379 g/mol. The van der Waals surface area contributed by atoms with Gasteiger partial charge in [-0.2, -0.15) is 0 Å². The SMILES string of the molecule is O=C(O)c1nc2ccccc2n(C2C[C@H]3CC[C@@H](C2)N3C2C=CCCC2)c1=O. The molecule has 2 unspecified atom stereocenters. The zero-order valence-electron chi connectivity index (χ0n) is 15.8. The van der Waals surface area contributed by atoms with Gasteiger partial charge in [-0.3, -0.25) is 9.69 Å². The van der Waals surface area contributed by atoms with Crippen LogP contribution >= 0.6 is 0 Å². The summed E-state index contributed by atoms with van der Waals surface area (Å²) < 4.78 is 1.73. The first kappa shape index (κ1) is 17.6. The quantitative estimate of drug-likeness (QED) is 0.828. The first-order chi connectivity index (χ1) is 13.6. The fourth-order valence-corrected chi connectivity index (χ4v) is 5.64. The second-order valence-corrected chi connectivity index (χ2v) is 8.31. The van der Waals surface area contributed by atoms with Crippen LogP contribution < -0.4 is 5.56 Å². The molecule has 0 saturated carbocycles. The second-order valence-electron chi connectivity index (χ2n) is 8.31. The van der Waals surface area contributed by atoms with E-state index in [2.05, 4.69) is 22.0 Å². The summed E-state index contributed by atoms with van der Waals surface area (Å²) in [6.07, 6.45) is 12.4. The van der Waals surface area contributed by atoms with E-state index in [-0.39, 0.29) is 11.7 Å². The Kier molecular flexibility index (Phi) is 4.31. The number of hydrogen-bond donors (Lipinski definition) is 1. The predicted molar refractivity (Wildman–Crippen MR) is 107 cm³/mol. The normalized spacial score (nSPS) is 30.0. The minimum absolute atomic E-state index is 0.0276. The Hall–Kier alpha value is -2.47. The molecule has 6 nitrogen and oxygen atoms in total. The fourth-order valence-electron chi connectivity index (χ4n) is 5.64. The van der Waals surface area contributed by atoms with Crippen molar-refractivity contribution in [3.63, 3.8) is 0 Å². The van der Waals surface area contributed by atoms with Crippen molar-refractivity contribution in [2.75, 3.05) is 0 Å². The highest BCUT2D eigenvalue weighted by Crippen LogP contribution is 2.43. The third kappa shape index (κ3) is 2.78. The zero-order chi connectivity index (χ0) is 19.3. The maximum absolute atomic E-state index is 13.0. The number of fused-ring (bicyclic) bond motifs is 3. The molecule has 4 atom stereocenters. The van der Waals surface area contributed by atoms with E-state index >= 15 is 0 Å². The summed E-state index contributed by atoms with van der Waals surface area (Å²) in [5.74, 6) is -1.25. The van der Waals surface area contributed by atoms with Crippen molar-refractivity contribution < 1.29 is 9.90 Å². The summed E-state index contributed by atoms with van der Waals surface area (Å²) in [4.78, 5) is 31.4. The molecular formula is C22H25N3O3. The summed E-state index contributed by atoms with van der Waals surface area (Å²) in [5.41, 5.74) is 0.475. The molecule has 5 rings (SSSR count). The Bertz CT molecular complexity index is 998. The van der Waals surface area contributed by atoms with Gasteiger partial charge in [0.1, 0.15) is 0 Å². The van der Waals surface area contributed by atoms with Crippen LogP contribution in [-0.4, -0.2) is 43.7 Å². The van der Waals surface area contributed by atoms with Crippen molar-refractivity contribution in [1.29, 1.82) is 0 Å². The largest absolute Gasteiger partial charge is 0.476 e. The van der Waals surface area contributed by atoms with Crippen LogP contribution in [0.1, 0.15) is 61.5 Å². The topological polar surface area (TPSA) is 75.4 Å². The lowest BCUT2D eigenvalue weighted by Gasteiger charge is -2.44. The van der Waals surface area contributed by atoms with Gasteiger partial charge in [0, 0.05) is 24.2 Å². The Morgan fingerprint density at radius 3 is 2.50 bits per heavy atom. The van der Waals surface area contributed by atoms with Gasteiger partial charge in [0.25, 0.3) is 5.56 Å². The Morgan fingerprint density at radius 1 is 1.07 bits per heavy atom. The molecule has 2 aliphatic heterocycles. The van der Waals surface area contributed by atoms with Crippen molar-refractivity contribution in [3.05, 3.63) is 52.5 Å². The summed E-state index contributed by atoms with van der Waals surface area (Å²) in [5, 5.41) is 9.48. The van der Waals surface area contributed by atoms with Gasteiger partial charge in [0.05, 0.1) is 11.0 Å². The van der Waals surface area contributed by atoms with Crippen LogP contribution in [0, 0.1) is 0 Å². The van der Waals surface area contributed by atoms with Crippen LogP contribution in [-0.2, 0) is 0 Å². The van der Waals surface area contributed by atoms with Gasteiger partial charge >= 0.3 is 5.97 Å². The van der Waals surface area contributed by atoms with Crippen LogP contribution in [0.4, 0.5) is 0 Å². The summed E-state index contributed by atoms with van der Waals surface area (Å²) in [6, 6.07) is 8.86. The lowest BCUT2D eigenvalue weighted by molar-refractivity contribution is 0.0680. The van der Waals surface area contributed by atoms with E-state index in [4.69, 9.17) is 0 Å². The van der Waals surface area contributed by atoms with E-state index in [1.807, 2.05) is 18.2 Å². The van der Waals surface area contributed by atoms with E-state index < -0.39 is 11.5 Å². The minimum atomic E-state index is -1.25. The molecule has 2 bridgehead atoms. The van der Waals surface area contributed by atoms with E-state index in [1.165, 1.54) is 19.3 Å². The molecule has 6 heteroatoms. The van der Waals surface area contributed by atoms with Crippen molar-refractivity contribution in [2.24, 2.45) is 0 Å². The number of piperidine rings is 1. The monoisotopic (exact) mass is 379 g/mol. The third-order valence-electron chi connectivity index (χ3n) is 6.74. The van der Waals surface area contributed by atoms with Gasteiger partial charge in [-0.1, -0.05) is 24.3 Å². The number of aromatic nitrogens is 2. The van der Waals surface area contributed by atoms with Gasteiger partial charge in [-0.05, 0) is 57.1 Å². The minimum Gasteiger partial charge on any atom is -0.476 e. The van der Waals surface area contributed by atoms with Crippen LogP contribution in [0.3, 0.4) is 0 Å². The van der Waals surface area contributed by atoms with Crippen LogP contribution in [0.25, 0.3) is 11.0 Å². The highest BCUT2D eigenvalue weighted by Gasteiger charge is 2.44. The van der Waals surface area contributed by atoms with Gasteiger partial charge in [-0.15, -0.1) is 0 Å². The number of para-hydroxylation sites is 2. The molecule has 0 amide bonds. The molecule has 1 aromatic carbocycles. The molecule has 146 valence electrons. The molecular weight excluding hydrogens is 354 g/mol. The lowest BCUT2D eigenvalue weighted by atomic mass is 9.91. The third-order valence-corrected chi connectivity index (χ3v) is 6.74. The number of carbonyl (C=O) groups is 1. The van der Waals surface area contributed by atoms with Gasteiger partial charge in [0.15, 0.2) is 0 Å². The molecule has 3 heterocycles. The standard InChI is InChI=1S/C22H25N3O3/c26-21-20(22(27)28)23-18-8-4-5-9-19(18)25(21)17-12-15-10-11-16(13-17)24(15)14-6-2-1-3-7-14/h2,4-6,8-9,14-17H,1,3,7,10-13H2,(H,27,28)/t14?,15-,16+,17?. The lowest BCUT2D eigenvalue weighted by Crippen LogP contribution is -2.50. The number of nitrogens with zero attached hydrogens (tertiary/aromatic N) is 3. The smallest absolute Gasteiger partial charge is 0.360 e. The summed E-state index contributed by atoms with van der Waals surface area (Å²) in [6.45, 7) is 0. The summed E-state index contributed by atoms with van der Waals surface area (Å²) in [7, 11) is 0. The van der Waals surface area contributed by atoms with Crippen LogP contribution in [0.15, 0.2) is 41.2 Å². The van der Waals surface area contributed by atoms with Gasteiger partial charge in [-0.25, -0.2) is 9.78 Å². The van der Waals surface area contributed by atoms with Crippen molar-refractivity contribution >= 4 is 17.0 Å². The number of rotatable bonds is 3. The number of aromatic carboxylic acids is 1. The molecule has 28 heavy (non-hydrogen) atoms. The van der Waals surface area contributed by atoms with Gasteiger partial charge < -0.3 is 9.67 Å². The molecule has 1 aliphatic carbocycles. The first-order valence-corrected chi connectivity index (χ1v) is 10.3. The predicted octanol–water partition coefficient (Wildman–Crippen LogP) is 3.37. The zero-order valence-corrected chi connectivity index (χ0v) is 15.8. The summed E-state index contributed by atoms with van der Waals surface area (Å²) >= 11 is 0. The van der Waals surface area contributed by atoms with Crippen molar-refractivity contribution in [1.82, 2.24) is 14.5 Å². The second kappa shape index (κ2) is 6.85. The number of hydrogen-bond acceptors (Lipinski definition) is 4. The number of benzene rings is 1. The van der Waals surface area contributed by atoms with E-state index in [9.17, 15) is 14.7 Å². The van der Waals surface area contributed by atoms with E-state index in [0.29, 0.717) is 23.6 Å². The highest BCUT2D eigenvalue weighted by molar-refractivity contribution is 5.88. The average Bonchev–Trinajstić information content (AvgIpc) is 2.98. The maximum Gasteiger partial charge on any atom is 0.360 e. The van der Waals surface area contributed by atoms with Crippen LogP contribution in [0.5, 0.6) is 0 Å². The first-order valence-electron chi connectivity index (χ1n) is 10.3. The molecule has 0 spiro atoms. The van der Waals surface area contributed by atoms with Gasteiger partial charge in [0.2, 0.25) is 5.69 Å². The Morgan fingerprint density at radius 2 is 1.82 bits per heavy atom. The number of carboxylic acids is 1. The van der Waals surface area contributed by atoms with Crippen LogP contribution in [0.2, 0.25) is 0 Å². The Balaban J connectivity index is 1.55. The van der Waals surface area contributed by atoms with E-state index in [1.54, 1.807) is 10.6 Å². The highest BCUT2D eigenvalue weighted by atomic mass is 16.4. The maximum atomic E-state index is 13.0. The van der Waals surface area contributed by atoms with Crippen molar-refractivity contribution in [3.8, 4) is 0 Å². The molecule has 2 aromatic rings. The molecule has 2 fully saturated rings. The fraction of sp³-hybridized carbons (Fsp3) is 0.500. The number of allylic oxidation sites excluding steroid dienone is 1. The molecule has 1 aromatic heterocycles. The molecule has 2 saturated heterocycles.